The quantitative estimate of drug-likeness (QED) is 0.448. The van der Waals surface area contributed by atoms with Gasteiger partial charge in [0.2, 0.25) is 0 Å². The number of fused-ring (bicyclic) bond motifs is 1. The van der Waals surface area contributed by atoms with E-state index in [1.165, 1.54) is 11.3 Å². The summed E-state index contributed by atoms with van der Waals surface area (Å²) in [4.78, 5) is 17.5. The van der Waals surface area contributed by atoms with E-state index in [1.807, 2.05) is 79.1 Å². The third kappa shape index (κ3) is 3.36. The van der Waals surface area contributed by atoms with E-state index in [0.29, 0.717) is 5.56 Å². The Bertz CT molecular complexity index is 1070. The van der Waals surface area contributed by atoms with Crippen molar-refractivity contribution in [2.24, 2.45) is 0 Å². The molecular formula is C21H16N2OS2. The number of nitrogens with zero attached hydrogens (tertiary/aromatic N) is 1. The number of hydrogen-bond acceptors (Lipinski definition) is 4. The Labute approximate surface area is 160 Å². The minimum Gasteiger partial charge on any atom is -0.312 e. The van der Waals surface area contributed by atoms with E-state index in [1.54, 1.807) is 11.8 Å². The van der Waals surface area contributed by atoms with E-state index in [-0.39, 0.29) is 5.91 Å². The van der Waals surface area contributed by atoms with Gasteiger partial charge in [-0.25, -0.2) is 4.98 Å². The normalized spacial score (nSPS) is 10.8. The van der Waals surface area contributed by atoms with Crippen LogP contribution in [0.4, 0.5) is 5.00 Å². The molecule has 0 radical (unpaired) electrons. The molecule has 1 N–H and O–H groups in total. The lowest BCUT2D eigenvalue weighted by Gasteiger charge is -2.06. The van der Waals surface area contributed by atoms with E-state index in [2.05, 4.69) is 10.3 Å². The summed E-state index contributed by atoms with van der Waals surface area (Å²) in [7, 11) is 0. The zero-order chi connectivity index (χ0) is 17.9. The number of benzene rings is 3. The highest BCUT2D eigenvalue weighted by molar-refractivity contribution is 8.00. The Balaban J connectivity index is 1.67. The molecule has 1 aromatic heterocycles. The van der Waals surface area contributed by atoms with Crippen molar-refractivity contribution >= 4 is 44.8 Å². The number of anilines is 1. The van der Waals surface area contributed by atoms with Crippen LogP contribution in [-0.4, -0.2) is 17.1 Å². The fourth-order valence-corrected chi connectivity index (χ4v) is 4.25. The van der Waals surface area contributed by atoms with Crippen molar-refractivity contribution in [2.45, 2.75) is 4.34 Å². The minimum absolute atomic E-state index is 0.121. The molecule has 26 heavy (non-hydrogen) atoms. The maximum absolute atomic E-state index is 12.8. The zero-order valence-electron chi connectivity index (χ0n) is 14.1. The molecule has 128 valence electrons. The lowest BCUT2D eigenvalue weighted by Crippen LogP contribution is -2.11. The monoisotopic (exact) mass is 376 g/mol. The van der Waals surface area contributed by atoms with Crippen LogP contribution in [0, 0.1) is 0 Å². The number of hydrogen-bond donors (Lipinski definition) is 1. The fourth-order valence-electron chi connectivity index (χ4n) is 2.77. The number of carbonyl (C=O) groups excluding carboxylic acids is 1. The number of rotatable bonds is 4. The standard InChI is InChI=1S/C21H16N2OS2/c1-25-21-22-18(15-8-3-2-4-9-15)20(26-21)23-19(24)17-12-11-14-7-5-6-10-16(14)13-17/h2-13H,1H3,(H,23,24). The van der Waals surface area contributed by atoms with Gasteiger partial charge in [-0.1, -0.05) is 83.8 Å². The van der Waals surface area contributed by atoms with Crippen molar-refractivity contribution in [2.75, 3.05) is 11.6 Å². The molecule has 0 saturated carbocycles. The maximum atomic E-state index is 12.8. The molecule has 3 nitrogen and oxygen atoms in total. The number of nitrogens with one attached hydrogen (secondary N) is 1. The largest absolute Gasteiger partial charge is 0.312 e. The van der Waals surface area contributed by atoms with Crippen LogP contribution in [0.5, 0.6) is 0 Å². The molecule has 0 fully saturated rings. The van der Waals surface area contributed by atoms with Crippen LogP contribution in [0.15, 0.2) is 77.1 Å². The maximum Gasteiger partial charge on any atom is 0.256 e. The summed E-state index contributed by atoms with van der Waals surface area (Å²) in [6.45, 7) is 0. The minimum atomic E-state index is -0.121. The summed E-state index contributed by atoms with van der Waals surface area (Å²) < 4.78 is 0.928. The smallest absolute Gasteiger partial charge is 0.256 e. The second-order valence-corrected chi connectivity index (χ2v) is 7.80. The molecule has 4 aromatic rings. The molecule has 4 rings (SSSR count). The molecule has 0 unspecified atom stereocenters. The van der Waals surface area contributed by atoms with Gasteiger partial charge in [-0.2, -0.15) is 0 Å². The number of thioether (sulfide) groups is 1. The first-order valence-corrected chi connectivity index (χ1v) is 10.2. The van der Waals surface area contributed by atoms with E-state index in [4.69, 9.17) is 0 Å². The van der Waals surface area contributed by atoms with Gasteiger partial charge in [0, 0.05) is 11.1 Å². The molecule has 1 amide bonds. The van der Waals surface area contributed by atoms with Crippen molar-refractivity contribution in [1.82, 2.24) is 4.98 Å². The van der Waals surface area contributed by atoms with Crippen molar-refractivity contribution in [1.29, 1.82) is 0 Å². The van der Waals surface area contributed by atoms with Crippen LogP contribution in [0.3, 0.4) is 0 Å². The van der Waals surface area contributed by atoms with Crippen LogP contribution in [0.2, 0.25) is 0 Å². The first kappa shape index (κ1) is 16.8. The molecule has 0 bridgehead atoms. The van der Waals surface area contributed by atoms with Gasteiger partial charge in [0.25, 0.3) is 5.91 Å². The summed E-state index contributed by atoms with van der Waals surface area (Å²) in [6, 6.07) is 23.7. The average Bonchev–Trinajstić information content (AvgIpc) is 3.11. The molecule has 5 heteroatoms. The Morgan fingerprint density at radius 3 is 2.46 bits per heavy atom. The summed E-state index contributed by atoms with van der Waals surface area (Å²) in [5, 5.41) is 6.00. The molecule has 0 aliphatic heterocycles. The zero-order valence-corrected chi connectivity index (χ0v) is 15.7. The molecule has 0 spiro atoms. The van der Waals surface area contributed by atoms with Crippen LogP contribution in [0.1, 0.15) is 10.4 Å². The van der Waals surface area contributed by atoms with E-state index in [0.717, 1.165) is 31.4 Å². The van der Waals surface area contributed by atoms with Crippen molar-refractivity contribution in [3.63, 3.8) is 0 Å². The van der Waals surface area contributed by atoms with Gasteiger partial charge in [0.05, 0.1) is 0 Å². The topological polar surface area (TPSA) is 42.0 Å². The first-order valence-electron chi connectivity index (χ1n) is 8.15. The van der Waals surface area contributed by atoms with Crippen LogP contribution in [-0.2, 0) is 0 Å². The Morgan fingerprint density at radius 2 is 1.69 bits per heavy atom. The summed E-state index contributed by atoms with van der Waals surface area (Å²) in [5.74, 6) is -0.121. The van der Waals surface area contributed by atoms with E-state index < -0.39 is 0 Å². The molecule has 0 aliphatic rings. The summed E-state index contributed by atoms with van der Waals surface area (Å²) in [5.41, 5.74) is 2.45. The SMILES string of the molecule is CSc1nc(-c2ccccc2)c(NC(=O)c2ccc3ccccc3c2)s1. The average molecular weight is 377 g/mol. The van der Waals surface area contributed by atoms with Crippen LogP contribution in [0.25, 0.3) is 22.0 Å². The molecule has 3 aromatic carbocycles. The van der Waals surface area contributed by atoms with Crippen LogP contribution < -0.4 is 5.32 Å². The van der Waals surface area contributed by atoms with Crippen molar-refractivity contribution < 1.29 is 4.79 Å². The van der Waals surface area contributed by atoms with Gasteiger partial charge in [0.1, 0.15) is 10.7 Å². The molecule has 1 heterocycles. The molecule has 0 saturated heterocycles. The summed E-state index contributed by atoms with van der Waals surface area (Å²) >= 11 is 3.08. The number of thiazole rings is 1. The van der Waals surface area contributed by atoms with Gasteiger partial charge in [-0.15, -0.1) is 0 Å². The lowest BCUT2D eigenvalue weighted by molar-refractivity contribution is 0.102. The van der Waals surface area contributed by atoms with Crippen molar-refractivity contribution in [3.8, 4) is 11.3 Å². The second-order valence-electron chi connectivity index (χ2n) is 5.74. The van der Waals surface area contributed by atoms with Gasteiger partial charge >= 0.3 is 0 Å². The van der Waals surface area contributed by atoms with Crippen LogP contribution >= 0.6 is 23.1 Å². The third-order valence-corrected chi connectivity index (χ3v) is 6.02. The second kappa shape index (κ2) is 7.32. The Hall–Kier alpha value is -2.63. The van der Waals surface area contributed by atoms with E-state index in [9.17, 15) is 4.79 Å². The third-order valence-electron chi connectivity index (χ3n) is 4.07. The number of aromatic nitrogens is 1. The van der Waals surface area contributed by atoms with Crippen molar-refractivity contribution in [3.05, 3.63) is 78.4 Å². The predicted molar refractivity (Wildman–Crippen MR) is 111 cm³/mol. The molecular weight excluding hydrogens is 360 g/mol. The highest BCUT2D eigenvalue weighted by Gasteiger charge is 2.16. The predicted octanol–water partition coefficient (Wildman–Crippen LogP) is 5.94. The Morgan fingerprint density at radius 1 is 0.962 bits per heavy atom. The first-order chi connectivity index (χ1) is 12.7. The highest BCUT2D eigenvalue weighted by atomic mass is 32.2. The van der Waals surface area contributed by atoms with Gasteiger partial charge in [-0.05, 0) is 29.2 Å². The number of amides is 1. The van der Waals surface area contributed by atoms with Gasteiger partial charge in [-0.3, -0.25) is 4.79 Å². The number of carbonyl (C=O) groups is 1. The molecule has 0 aliphatic carbocycles. The Kier molecular flexibility index (Phi) is 4.73. The molecule has 0 atom stereocenters. The van der Waals surface area contributed by atoms with Gasteiger partial charge < -0.3 is 5.32 Å². The van der Waals surface area contributed by atoms with E-state index >= 15 is 0 Å². The van der Waals surface area contributed by atoms with Gasteiger partial charge in [0.15, 0.2) is 4.34 Å². The fraction of sp³-hybridized carbons (Fsp3) is 0.0476. The lowest BCUT2D eigenvalue weighted by atomic mass is 10.1. The summed E-state index contributed by atoms with van der Waals surface area (Å²) in [6.07, 6.45) is 1.99. The highest BCUT2D eigenvalue weighted by Crippen LogP contribution is 2.37.